The second-order valence-corrected chi connectivity index (χ2v) is 5.08. The van der Waals surface area contributed by atoms with Crippen LogP contribution in [-0.2, 0) is 4.79 Å². The molecule has 0 saturated heterocycles. The zero-order valence-electron chi connectivity index (χ0n) is 12.7. The summed E-state index contributed by atoms with van der Waals surface area (Å²) in [7, 11) is 0. The predicted octanol–water partition coefficient (Wildman–Crippen LogP) is 3.82. The number of alkyl halides is 3. The summed E-state index contributed by atoms with van der Waals surface area (Å²) in [5.41, 5.74) is 0.620. The molecule has 0 fully saturated rings. The van der Waals surface area contributed by atoms with Gasteiger partial charge in [-0.2, -0.15) is 9.78 Å². The number of hydrogen-bond donors (Lipinski definition) is 0. The first-order valence-corrected chi connectivity index (χ1v) is 6.80. The Morgan fingerprint density at radius 3 is 2.48 bits per heavy atom. The molecule has 0 aliphatic heterocycles. The second kappa shape index (κ2) is 6.31. The smallest absolute Gasteiger partial charge is 0.407 e. The third-order valence-electron chi connectivity index (χ3n) is 2.93. The lowest BCUT2D eigenvalue weighted by Gasteiger charge is -2.15. The van der Waals surface area contributed by atoms with E-state index >= 15 is 0 Å². The standard InChI is InChI=1S/C15H15F3N2O3/c1-9(2)11-8-19-20(14(11)22-10(3)21)12-6-4-5-7-13(12)23-15(16,17)18/h4-9H,1-3H3. The van der Waals surface area contributed by atoms with Crippen molar-refractivity contribution >= 4 is 5.97 Å². The first-order valence-electron chi connectivity index (χ1n) is 6.80. The van der Waals surface area contributed by atoms with Crippen molar-refractivity contribution in [3.8, 4) is 17.3 Å². The fraction of sp³-hybridized carbons (Fsp3) is 0.333. The second-order valence-electron chi connectivity index (χ2n) is 5.08. The third kappa shape index (κ3) is 4.02. The number of hydrogen-bond acceptors (Lipinski definition) is 4. The molecule has 0 radical (unpaired) electrons. The zero-order chi connectivity index (χ0) is 17.2. The van der Waals surface area contributed by atoms with E-state index in [1.165, 1.54) is 31.3 Å². The van der Waals surface area contributed by atoms with Crippen LogP contribution in [0.4, 0.5) is 13.2 Å². The molecule has 0 amide bonds. The number of carbonyl (C=O) groups excluding carboxylic acids is 1. The molecule has 8 heteroatoms. The molecule has 0 aliphatic carbocycles. The van der Waals surface area contributed by atoms with Gasteiger partial charge in [-0.15, -0.1) is 13.2 Å². The molecule has 124 valence electrons. The Labute approximate surface area is 130 Å². The number of ether oxygens (including phenoxy) is 2. The van der Waals surface area contributed by atoms with Gasteiger partial charge in [-0.25, -0.2) is 0 Å². The van der Waals surface area contributed by atoms with E-state index in [-0.39, 0.29) is 17.5 Å². The largest absolute Gasteiger partial charge is 0.573 e. The van der Waals surface area contributed by atoms with E-state index in [2.05, 4.69) is 9.84 Å². The molecule has 0 spiro atoms. The SMILES string of the molecule is CC(=O)Oc1c(C(C)C)cnn1-c1ccccc1OC(F)(F)F. The molecule has 0 bridgehead atoms. The molecular formula is C15H15F3N2O3. The summed E-state index contributed by atoms with van der Waals surface area (Å²) in [6.07, 6.45) is -3.39. The molecule has 1 aromatic carbocycles. The van der Waals surface area contributed by atoms with Gasteiger partial charge in [-0.1, -0.05) is 26.0 Å². The topological polar surface area (TPSA) is 53.3 Å². The van der Waals surface area contributed by atoms with E-state index < -0.39 is 18.1 Å². The van der Waals surface area contributed by atoms with Gasteiger partial charge >= 0.3 is 12.3 Å². The Bertz CT molecular complexity index is 708. The number of benzene rings is 1. The molecular weight excluding hydrogens is 313 g/mol. The molecule has 2 rings (SSSR count). The fourth-order valence-electron chi connectivity index (χ4n) is 2.00. The van der Waals surface area contributed by atoms with Crippen LogP contribution in [0.25, 0.3) is 5.69 Å². The molecule has 0 unspecified atom stereocenters. The van der Waals surface area contributed by atoms with Gasteiger partial charge in [-0.05, 0) is 18.1 Å². The van der Waals surface area contributed by atoms with Gasteiger partial charge in [0, 0.05) is 12.5 Å². The van der Waals surface area contributed by atoms with Crippen LogP contribution >= 0.6 is 0 Å². The highest BCUT2D eigenvalue weighted by molar-refractivity contribution is 5.69. The third-order valence-corrected chi connectivity index (χ3v) is 2.93. The summed E-state index contributed by atoms with van der Waals surface area (Å²) < 4.78 is 47.9. The molecule has 0 saturated carbocycles. The van der Waals surface area contributed by atoms with Gasteiger partial charge in [0.2, 0.25) is 5.88 Å². The van der Waals surface area contributed by atoms with Gasteiger partial charge < -0.3 is 9.47 Å². The van der Waals surface area contributed by atoms with Crippen LogP contribution in [0.1, 0.15) is 32.3 Å². The zero-order valence-corrected chi connectivity index (χ0v) is 12.7. The normalized spacial score (nSPS) is 11.6. The highest BCUT2D eigenvalue weighted by Gasteiger charge is 2.33. The molecule has 0 atom stereocenters. The number of halogens is 3. The lowest BCUT2D eigenvalue weighted by Crippen LogP contribution is -2.19. The predicted molar refractivity (Wildman–Crippen MR) is 75.6 cm³/mol. The quantitative estimate of drug-likeness (QED) is 0.801. The average molecular weight is 328 g/mol. The van der Waals surface area contributed by atoms with Crippen molar-refractivity contribution in [3.63, 3.8) is 0 Å². The van der Waals surface area contributed by atoms with Crippen molar-refractivity contribution in [1.82, 2.24) is 9.78 Å². The van der Waals surface area contributed by atoms with Gasteiger partial charge in [0.1, 0.15) is 5.69 Å². The minimum absolute atomic E-state index is 0.0213. The van der Waals surface area contributed by atoms with E-state index in [1.807, 2.05) is 13.8 Å². The highest BCUT2D eigenvalue weighted by Crippen LogP contribution is 2.34. The Morgan fingerprint density at radius 2 is 1.91 bits per heavy atom. The Hall–Kier alpha value is -2.51. The molecule has 1 heterocycles. The highest BCUT2D eigenvalue weighted by atomic mass is 19.4. The molecule has 2 aromatic rings. The van der Waals surface area contributed by atoms with E-state index in [0.29, 0.717) is 5.56 Å². The van der Waals surface area contributed by atoms with Crippen LogP contribution in [0.3, 0.4) is 0 Å². The fourth-order valence-corrected chi connectivity index (χ4v) is 2.00. The summed E-state index contributed by atoms with van der Waals surface area (Å²) in [5, 5.41) is 4.04. The van der Waals surface area contributed by atoms with Crippen molar-refractivity contribution in [3.05, 3.63) is 36.0 Å². The molecule has 5 nitrogen and oxygen atoms in total. The van der Waals surface area contributed by atoms with Crippen LogP contribution in [0, 0.1) is 0 Å². The van der Waals surface area contributed by atoms with Crippen molar-refractivity contribution < 1.29 is 27.4 Å². The van der Waals surface area contributed by atoms with E-state index in [0.717, 1.165) is 10.7 Å². The van der Waals surface area contributed by atoms with Gasteiger partial charge in [0.05, 0.1) is 6.20 Å². The van der Waals surface area contributed by atoms with Crippen molar-refractivity contribution in [2.24, 2.45) is 0 Å². The summed E-state index contributed by atoms with van der Waals surface area (Å²) in [6.45, 7) is 4.92. The first-order chi connectivity index (χ1) is 10.7. The van der Waals surface area contributed by atoms with E-state index in [4.69, 9.17) is 4.74 Å². The molecule has 23 heavy (non-hydrogen) atoms. The average Bonchev–Trinajstić information content (AvgIpc) is 2.80. The maximum absolute atomic E-state index is 12.5. The van der Waals surface area contributed by atoms with Gasteiger partial charge in [-0.3, -0.25) is 4.79 Å². The van der Waals surface area contributed by atoms with Crippen LogP contribution in [0.2, 0.25) is 0 Å². The molecule has 0 N–H and O–H groups in total. The summed E-state index contributed by atoms with van der Waals surface area (Å²) in [4.78, 5) is 11.3. The number of aromatic nitrogens is 2. The lowest BCUT2D eigenvalue weighted by molar-refractivity contribution is -0.274. The van der Waals surface area contributed by atoms with Crippen molar-refractivity contribution in [2.45, 2.75) is 33.1 Å². The summed E-state index contributed by atoms with van der Waals surface area (Å²) in [6, 6.07) is 5.50. The van der Waals surface area contributed by atoms with Crippen LogP contribution in [0.5, 0.6) is 11.6 Å². The van der Waals surface area contributed by atoms with E-state index in [9.17, 15) is 18.0 Å². The minimum Gasteiger partial charge on any atom is -0.407 e. The molecule has 1 aromatic heterocycles. The van der Waals surface area contributed by atoms with Crippen molar-refractivity contribution in [2.75, 3.05) is 0 Å². The number of rotatable bonds is 4. The Morgan fingerprint density at radius 1 is 1.26 bits per heavy atom. The number of carbonyl (C=O) groups is 1. The van der Waals surface area contributed by atoms with Crippen LogP contribution in [0.15, 0.2) is 30.5 Å². The van der Waals surface area contributed by atoms with Crippen molar-refractivity contribution in [1.29, 1.82) is 0 Å². The van der Waals surface area contributed by atoms with E-state index in [1.54, 1.807) is 0 Å². The minimum atomic E-state index is -4.84. The summed E-state index contributed by atoms with van der Waals surface area (Å²) >= 11 is 0. The maximum atomic E-state index is 12.5. The maximum Gasteiger partial charge on any atom is 0.573 e. The van der Waals surface area contributed by atoms with Gasteiger partial charge in [0.25, 0.3) is 0 Å². The summed E-state index contributed by atoms with van der Waals surface area (Å²) in [5.74, 6) is -0.991. The Balaban J connectivity index is 2.56. The molecule has 0 aliphatic rings. The monoisotopic (exact) mass is 328 g/mol. The van der Waals surface area contributed by atoms with Crippen LogP contribution < -0.4 is 9.47 Å². The number of para-hydroxylation sites is 2. The van der Waals surface area contributed by atoms with Crippen LogP contribution in [-0.4, -0.2) is 22.1 Å². The number of esters is 1. The Kier molecular flexibility index (Phi) is 4.63. The first kappa shape index (κ1) is 16.9. The van der Waals surface area contributed by atoms with Gasteiger partial charge in [0.15, 0.2) is 5.75 Å². The lowest BCUT2D eigenvalue weighted by atomic mass is 10.1. The number of nitrogens with zero attached hydrogens (tertiary/aromatic N) is 2.